The first-order valence-corrected chi connectivity index (χ1v) is 7.28. The Labute approximate surface area is 116 Å². The van der Waals surface area contributed by atoms with E-state index in [1.165, 1.54) is 25.1 Å². The highest BCUT2D eigenvalue weighted by Gasteiger charge is 2.16. The normalized spacial score (nSPS) is 18.7. The Kier molecular flexibility index (Phi) is 5.76. The fraction of sp³-hybridized carbons (Fsp3) is 0.667. The molecular weight excluding hydrogens is 236 g/mol. The molecule has 0 amide bonds. The molecule has 2 heterocycles. The summed E-state index contributed by atoms with van der Waals surface area (Å²) in [6, 6.07) is 4.87. The van der Waals surface area contributed by atoms with Crippen molar-refractivity contribution >= 4 is 0 Å². The van der Waals surface area contributed by atoms with Gasteiger partial charge in [0.25, 0.3) is 0 Å². The summed E-state index contributed by atoms with van der Waals surface area (Å²) in [5.41, 5.74) is 1.34. The van der Waals surface area contributed by atoms with Gasteiger partial charge in [0.05, 0.1) is 0 Å². The minimum atomic E-state index is 0.682. The van der Waals surface area contributed by atoms with Crippen LogP contribution >= 0.6 is 0 Å². The number of hydrogen-bond donors (Lipinski definition) is 1. The maximum Gasteiger partial charge on any atom is 0.0271 e. The molecule has 1 unspecified atom stereocenters. The quantitative estimate of drug-likeness (QED) is 0.835. The molecule has 1 fully saturated rings. The maximum atomic E-state index is 4.06. The van der Waals surface area contributed by atoms with Crippen molar-refractivity contribution in [3.63, 3.8) is 0 Å². The van der Waals surface area contributed by atoms with Gasteiger partial charge in [-0.05, 0) is 44.6 Å². The highest BCUT2D eigenvalue weighted by Crippen LogP contribution is 2.07. The van der Waals surface area contributed by atoms with Crippen molar-refractivity contribution in [1.29, 1.82) is 0 Å². The molecule has 4 nitrogen and oxygen atoms in total. The molecule has 1 saturated heterocycles. The number of nitrogens with one attached hydrogen (secondary N) is 1. The van der Waals surface area contributed by atoms with Crippen LogP contribution in [0.1, 0.15) is 18.9 Å². The van der Waals surface area contributed by atoms with E-state index in [0.29, 0.717) is 6.04 Å². The molecule has 1 atom stereocenters. The topological polar surface area (TPSA) is 31.4 Å². The molecule has 1 aliphatic rings. The van der Waals surface area contributed by atoms with Crippen LogP contribution in [-0.2, 0) is 6.54 Å². The first kappa shape index (κ1) is 14.4. The third-order valence-corrected chi connectivity index (χ3v) is 3.91. The smallest absolute Gasteiger partial charge is 0.0271 e. The minimum Gasteiger partial charge on any atom is -0.314 e. The molecule has 0 saturated carbocycles. The van der Waals surface area contributed by atoms with E-state index in [4.69, 9.17) is 0 Å². The molecule has 0 radical (unpaired) electrons. The molecule has 0 bridgehead atoms. The molecule has 1 aromatic rings. The summed E-state index contributed by atoms with van der Waals surface area (Å²) in [6.07, 6.45) is 4.97. The third-order valence-electron chi connectivity index (χ3n) is 3.91. The van der Waals surface area contributed by atoms with Gasteiger partial charge in [0.1, 0.15) is 0 Å². The van der Waals surface area contributed by atoms with E-state index in [-0.39, 0.29) is 0 Å². The van der Waals surface area contributed by atoms with Gasteiger partial charge in [-0.15, -0.1) is 0 Å². The summed E-state index contributed by atoms with van der Waals surface area (Å²) in [5.74, 6) is 0. The van der Waals surface area contributed by atoms with Crippen LogP contribution in [0.15, 0.2) is 24.5 Å². The standard InChI is InChI=1S/C15H26N4/c1-14(19-11-8-17-9-12-19)5-10-18(2)13-15-3-6-16-7-4-15/h3-4,6-7,14,17H,5,8-13H2,1-2H3. The first-order valence-electron chi connectivity index (χ1n) is 7.28. The molecular formula is C15H26N4. The fourth-order valence-electron chi connectivity index (χ4n) is 2.59. The van der Waals surface area contributed by atoms with Crippen molar-refractivity contribution in [2.24, 2.45) is 0 Å². The van der Waals surface area contributed by atoms with Crippen molar-refractivity contribution in [2.75, 3.05) is 39.8 Å². The Morgan fingerprint density at radius 2 is 2.00 bits per heavy atom. The van der Waals surface area contributed by atoms with Crippen molar-refractivity contribution in [3.05, 3.63) is 30.1 Å². The van der Waals surface area contributed by atoms with Crippen LogP contribution in [0.25, 0.3) is 0 Å². The molecule has 0 aliphatic carbocycles. The molecule has 19 heavy (non-hydrogen) atoms. The zero-order valence-electron chi connectivity index (χ0n) is 12.2. The van der Waals surface area contributed by atoms with Crippen LogP contribution in [0, 0.1) is 0 Å². The molecule has 1 N–H and O–H groups in total. The van der Waals surface area contributed by atoms with Gasteiger partial charge < -0.3 is 10.2 Å². The molecule has 4 heteroatoms. The largest absolute Gasteiger partial charge is 0.314 e. The van der Waals surface area contributed by atoms with Gasteiger partial charge in [-0.2, -0.15) is 0 Å². The Hall–Kier alpha value is -0.970. The fourth-order valence-corrected chi connectivity index (χ4v) is 2.59. The maximum absolute atomic E-state index is 4.06. The highest BCUT2D eigenvalue weighted by atomic mass is 15.2. The second kappa shape index (κ2) is 7.58. The summed E-state index contributed by atoms with van der Waals surface area (Å²) in [6.45, 7) is 9.16. The van der Waals surface area contributed by atoms with Crippen LogP contribution < -0.4 is 5.32 Å². The number of piperazine rings is 1. The lowest BCUT2D eigenvalue weighted by molar-refractivity contribution is 0.162. The van der Waals surface area contributed by atoms with Crippen LogP contribution in [0.3, 0.4) is 0 Å². The first-order chi connectivity index (χ1) is 9.25. The van der Waals surface area contributed by atoms with E-state index < -0.39 is 0 Å². The average Bonchev–Trinajstić information content (AvgIpc) is 2.47. The zero-order valence-corrected chi connectivity index (χ0v) is 12.2. The van der Waals surface area contributed by atoms with Gasteiger partial charge in [0, 0.05) is 51.2 Å². The van der Waals surface area contributed by atoms with E-state index in [0.717, 1.165) is 26.2 Å². The minimum absolute atomic E-state index is 0.682. The zero-order chi connectivity index (χ0) is 13.5. The molecule has 0 aromatic carbocycles. The number of aromatic nitrogens is 1. The molecule has 106 valence electrons. The van der Waals surface area contributed by atoms with Gasteiger partial charge in [-0.3, -0.25) is 9.88 Å². The Bertz CT molecular complexity index is 348. The summed E-state index contributed by atoms with van der Waals surface area (Å²) < 4.78 is 0. The van der Waals surface area contributed by atoms with Gasteiger partial charge in [-0.25, -0.2) is 0 Å². The summed E-state index contributed by atoms with van der Waals surface area (Å²) in [7, 11) is 2.20. The van der Waals surface area contributed by atoms with Crippen molar-refractivity contribution < 1.29 is 0 Å². The summed E-state index contributed by atoms with van der Waals surface area (Å²) >= 11 is 0. The van der Waals surface area contributed by atoms with E-state index in [9.17, 15) is 0 Å². The van der Waals surface area contributed by atoms with Gasteiger partial charge >= 0.3 is 0 Å². The summed E-state index contributed by atoms with van der Waals surface area (Å²) in [5, 5.41) is 3.41. The van der Waals surface area contributed by atoms with Crippen molar-refractivity contribution in [3.8, 4) is 0 Å². The molecule has 0 spiro atoms. The lowest BCUT2D eigenvalue weighted by Crippen LogP contribution is -2.48. The predicted molar refractivity (Wildman–Crippen MR) is 79.1 cm³/mol. The number of hydrogen-bond acceptors (Lipinski definition) is 4. The van der Waals surface area contributed by atoms with E-state index in [2.05, 4.69) is 46.2 Å². The van der Waals surface area contributed by atoms with Gasteiger partial charge in [-0.1, -0.05) is 0 Å². The monoisotopic (exact) mass is 262 g/mol. The molecule has 1 aromatic heterocycles. The predicted octanol–water partition coefficient (Wildman–Crippen LogP) is 1.20. The van der Waals surface area contributed by atoms with Gasteiger partial charge in [0.15, 0.2) is 0 Å². The second-order valence-corrected chi connectivity index (χ2v) is 5.52. The Morgan fingerprint density at radius 3 is 2.68 bits per heavy atom. The van der Waals surface area contributed by atoms with E-state index >= 15 is 0 Å². The lowest BCUT2D eigenvalue weighted by Gasteiger charge is -2.33. The summed E-state index contributed by atoms with van der Waals surface area (Å²) in [4.78, 5) is 9.05. The van der Waals surface area contributed by atoms with E-state index in [1.54, 1.807) is 0 Å². The van der Waals surface area contributed by atoms with Crippen LogP contribution in [0.5, 0.6) is 0 Å². The van der Waals surface area contributed by atoms with Crippen molar-refractivity contribution in [1.82, 2.24) is 20.1 Å². The highest BCUT2D eigenvalue weighted by molar-refractivity contribution is 5.09. The van der Waals surface area contributed by atoms with Crippen LogP contribution in [-0.4, -0.2) is 60.6 Å². The second-order valence-electron chi connectivity index (χ2n) is 5.52. The SMILES string of the molecule is CC(CCN(C)Cc1ccncc1)N1CCNCC1. The van der Waals surface area contributed by atoms with Crippen LogP contribution in [0.4, 0.5) is 0 Å². The Balaban J connectivity index is 1.69. The van der Waals surface area contributed by atoms with Gasteiger partial charge in [0.2, 0.25) is 0 Å². The lowest BCUT2D eigenvalue weighted by atomic mass is 10.1. The number of rotatable bonds is 6. The van der Waals surface area contributed by atoms with E-state index in [1.807, 2.05) is 12.4 Å². The number of pyridine rings is 1. The third kappa shape index (κ3) is 4.90. The average molecular weight is 262 g/mol. The Morgan fingerprint density at radius 1 is 1.32 bits per heavy atom. The molecule has 2 rings (SSSR count). The molecule has 1 aliphatic heterocycles. The van der Waals surface area contributed by atoms with Crippen molar-refractivity contribution in [2.45, 2.75) is 25.9 Å². The number of nitrogens with zero attached hydrogens (tertiary/aromatic N) is 3. The van der Waals surface area contributed by atoms with Crippen LogP contribution in [0.2, 0.25) is 0 Å².